The molecule has 18 heavy (non-hydrogen) atoms. The second kappa shape index (κ2) is 4.57. The maximum Gasteiger partial charge on any atom is 0.0639 e. The van der Waals surface area contributed by atoms with Crippen molar-refractivity contribution in [2.75, 3.05) is 12.3 Å². The molecule has 0 spiro atoms. The first-order valence-corrected chi connectivity index (χ1v) is 6.79. The lowest BCUT2D eigenvalue weighted by Crippen LogP contribution is -2.46. The van der Waals surface area contributed by atoms with Crippen LogP contribution in [-0.4, -0.2) is 12.6 Å². The maximum absolute atomic E-state index is 6.38. The predicted octanol–water partition coefficient (Wildman–Crippen LogP) is 2.23. The molecule has 0 aromatic heterocycles. The molecule has 0 saturated carbocycles. The molecule has 4 heteroatoms. The van der Waals surface area contributed by atoms with Crippen molar-refractivity contribution < 1.29 is 0 Å². The largest absolute Gasteiger partial charge is 0.397 e. The van der Waals surface area contributed by atoms with E-state index in [0.717, 1.165) is 12.1 Å². The highest BCUT2D eigenvalue weighted by Crippen LogP contribution is 2.37. The van der Waals surface area contributed by atoms with Gasteiger partial charge in [-0.15, -0.1) is 0 Å². The Bertz CT molecular complexity index is 490. The van der Waals surface area contributed by atoms with Crippen molar-refractivity contribution in [1.29, 1.82) is 0 Å². The number of anilines is 1. The number of fused-ring (bicyclic) bond motifs is 2. The number of nitrogen functional groups attached to an aromatic ring is 1. The van der Waals surface area contributed by atoms with Gasteiger partial charge in [0.2, 0.25) is 0 Å². The number of nitrogens with one attached hydrogen (secondary N) is 1. The van der Waals surface area contributed by atoms with Crippen molar-refractivity contribution in [3.63, 3.8) is 0 Å². The van der Waals surface area contributed by atoms with E-state index >= 15 is 0 Å². The lowest BCUT2D eigenvalue weighted by atomic mass is 9.78. The monoisotopic (exact) mass is 263 g/mol. The van der Waals surface area contributed by atoms with E-state index in [9.17, 15) is 0 Å². The van der Waals surface area contributed by atoms with E-state index < -0.39 is 0 Å². The van der Waals surface area contributed by atoms with E-state index in [2.05, 4.69) is 11.4 Å². The Morgan fingerprint density at radius 2 is 2.17 bits per heavy atom. The van der Waals surface area contributed by atoms with Crippen LogP contribution in [0.5, 0.6) is 0 Å². The summed E-state index contributed by atoms with van der Waals surface area (Å²) >= 11 is 6.06. The van der Waals surface area contributed by atoms with Crippen LogP contribution in [0.4, 0.5) is 5.69 Å². The molecular formula is C14H18ClN3. The van der Waals surface area contributed by atoms with Gasteiger partial charge in [-0.05, 0) is 36.0 Å². The van der Waals surface area contributed by atoms with Gasteiger partial charge in [-0.25, -0.2) is 0 Å². The fraction of sp³-hybridized carbons (Fsp3) is 0.429. The van der Waals surface area contributed by atoms with Crippen molar-refractivity contribution in [3.05, 3.63) is 40.4 Å². The minimum atomic E-state index is -0.149. The van der Waals surface area contributed by atoms with Gasteiger partial charge in [-0.1, -0.05) is 29.8 Å². The molecule has 2 aliphatic heterocycles. The number of halogens is 1. The maximum atomic E-state index is 6.38. The average Bonchev–Trinajstić information content (AvgIpc) is 2.42. The Hall–Kier alpha value is -1.03. The summed E-state index contributed by atoms with van der Waals surface area (Å²) in [6.45, 7) is 1.08. The highest BCUT2D eigenvalue weighted by molar-refractivity contribution is 6.33. The fourth-order valence-corrected chi connectivity index (χ4v) is 3.20. The number of hydrogen-bond donors (Lipinski definition) is 3. The molecule has 2 bridgehead atoms. The minimum absolute atomic E-state index is 0.149. The summed E-state index contributed by atoms with van der Waals surface area (Å²) in [5.74, 6) is 0.622. The van der Waals surface area contributed by atoms with Crippen LogP contribution in [0.15, 0.2) is 29.8 Å². The Morgan fingerprint density at radius 1 is 1.33 bits per heavy atom. The Kier molecular flexibility index (Phi) is 3.06. The predicted molar refractivity (Wildman–Crippen MR) is 75.4 cm³/mol. The molecule has 96 valence electrons. The van der Waals surface area contributed by atoms with Crippen LogP contribution in [-0.2, 0) is 0 Å². The summed E-state index contributed by atoms with van der Waals surface area (Å²) in [6, 6.07) is 5.93. The fourth-order valence-electron chi connectivity index (χ4n) is 3.02. The van der Waals surface area contributed by atoms with E-state index in [-0.39, 0.29) is 6.04 Å². The highest BCUT2D eigenvalue weighted by atomic mass is 35.5. The van der Waals surface area contributed by atoms with Crippen LogP contribution >= 0.6 is 11.6 Å². The molecule has 1 saturated heterocycles. The second-order valence-electron chi connectivity index (χ2n) is 5.19. The molecule has 3 atom stereocenters. The molecule has 1 fully saturated rings. The van der Waals surface area contributed by atoms with Crippen molar-refractivity contribution in [2.24, 2.45) is 11.7 Å². The van der Waals surface area contributed by atoms with E-state index in [1.807, 2.05) is 12.1 Å². The normalized spacial score (nSPS) is 28.0. The summed E-state index contributed by atoms with van der Waals surface area (Å²) in [7, 11) is 0. The average molecular weight is 264 g/mol. The van der Waals surface area contributed by atoms with Gasteiger partial charge in [-0.2, -0.15) is 0 Å². The second-order valence-corrected chi connectivity index (χ2v) is 5.59. The van der Waals surface area contributed by atoms with E-state index in [1.165, 1.54) is 18.4 Å². The molecule has 3 aliphatic rings. The quantitative estimate of drug-likeness (QED) is 0.566. The Labute approximate surface area is 112 Å². The molecule has 5 N–H and O–H groups in total. The van der Waals surface area contributed by atoms with Crippen LogP contribution in [0, 0.1) is 5.92 Å². The van der Waals surface area contributed by atoms with Gasteiger partial charge in [0.05, 0.1) is 16.8 Å². The number of hydrogen-bond acceptors (Lipinski definition) is 3. The first-order valence-electron chi connectivity index (χ1n) is 6.41. The zero-order valence-electron chi connectivity index (χ0n) is 10.2. The zero-order valence-corrected chi connectivity index (χ0v) is 11.0. The van der Waals surface area contributed by atoms with Crippen LogP contribution in [0.25, 0.3) is 0 Å². The van der Waals surface area contributed by atoms with Gasteiger partial charge >= 0.3 is 0 Å². The first kappa shape index (κ1) is 12.0. The van der Waals surface area contributed by atoms with Gasteiger partial charge in [0, 0.05) is 12.6 Å². The minimum Gasteiger partial charge on any atom is -0.397 e. The molecule has 1 aliphatic carbocycles. The molecule has 0 amide bonds. The van der Waals surface area contributed by atoms with Gasteiger partial charge < -0.3 is 16.8 Å². The lowest BCUT2D eigenvalue weighted by molar-refractivity contribution is 0.336. The SMILES string of the molecule is Nc1c(Cl)cccc1C(N)C1=CC2CCC1NC2. The van der Waals surface area contributed by atoms with Crippen LogP contribution in [0.3, 0.4) is 0 Å². The molecular weight excluding hydrogens is 246 g/mol. The number of para-hydroxylation sites is 1. The standard InChI is InChI=1S/C14H18ClN3/c15-11-3-1-2-9(14(11)17)13(16)10-6-8-4-5-12(10)18-7-8/h1-3,6,8,12-13,18H,4-5,7,16-17H2. The molecule has 3 unspecified atom stereocenters. The van der Waals surface area contributed by atoms with Gasteiger partial charge in [-0.3, -0.25) is 0 Å². The third-order valence-electron chi connectivity index (χ3n) is 4.06. The van der Waals surface area contributed by atoms with Crippen molar-refractivity contribution in [3.8, 4) is 0 Å². The van der Waals surface area contributed by atoms with Crippen LogP contribution in [0.1, 0.15) is 24.4 Å². The molecule has 4 rings (SSSR count). The molecule has 2 heterocycles. The first-order chi connectivity index (χ1) is 8.66. The number of nitrogens with two attached hydrogens (primary N) is 2. The topological polar surface area (TPSA) is 64.1 Å². The summed E-state index contributed by atoms with van der Waals surface area (Å²) in [4.78, 5) is 0. The summed E-state index contributed by atoms with van der Waals surface area (Å²) in [5.41, 5.74) is 15.2. The molecule has 0 radical (unpaired) electrons. The third kappa shape index (κ3) is 1.92. The lowest BCUT2D eigenvalue weighted by Gasteiger charge is -2.39. The highest BCUT2D eigenvalue weighted by Gasteiger charge is 2.32. The van der Waals surface area contributed by atoms with E-state index in [1.54, 1.807) is 6.07 Å². The van der Waals surface area contributed by atoms with Gasteiger partial charge in [0.1, 0.15) is 0 Å². The van der Waals surface area contributed by atoms with Crippen LogP contribution in [0.2, 0.25) is 5.02 Å². The van der Waals surface area contributed by atoms with Crippen LogP contribution < -0.4 is 16.8 Å². The van der Waals surface area contributed by atoms with Crippen molar-refractivity contribution >= 4 is 17.3 Å². The van der Waals surface area contributed by atoms with E-state index in [0.29, 0.717) is 22.7 Å². The summed E-state index contributed by atoms with van der Waals surface area (Å²) < 4.78 is 0. The van der Waals surface area contributed by atoms with Crippen molar-refractivity contribution in [2.45, 2.75) is 24.9 Å². The summed E-state index contributed by atoms with van der Waals surface area (Å²) in [6.07, 6.45) is 4.76. The molecule has 1 aromatic rings. The Morgan fingerprint density at radius 3 is 2.78 bits per heavy atom. The van der Waals surface area contributed by atoms with Gasteiger partial charge in [0.15, 0.2) is 0 Å². The number of benzene rings is 1. The zero-order chi connectivity index (χ0) is 12.7. The van der Waals surface area contributed by atoms with Gasteiger partial charge in [0.25, 0.3) is 0 Å². The van der Waals surface area contributed by atoms with E-state index in [4.69, 9.17) is 23.1 Å². The number of rotatable bonds is 2. The van der Waals surface area contributed by atoms with Crippen molar-refractivity contribution in [1.82, 2.24) is 5.32 Å². The smallest absolute Gasteiger partial charge is 0.0639 e. The molecule has 1 aromatic carbocycles. The summed E-state index contributed by atoms with van der Waals surface area (Å²) in [5, 5.41) is 4.11. The molecule has 3 nitrogen and oxygen atoms in total. The third-order valence-corrected chi connectivity index (χ3v) is 4.39. The Balaban J connectivity index is 1.95. The number of piperidine rings is 1.